The van der Waals surface area contributed by atoms with Crippen LogP contribution in [0.4, 0.5) is 0 Å². The van der Waals surface area contributed by atoms with E-state index in [9.17, 15) is 4.79 Å². The Labute approximate surface area is 208 Å². The van der Waals surface area contributed by atoms with Crippen molar-refractivity contribution in [3.63, 3.8) is 0 Å². The molecule has 0 unspecified atom stereocenters. The predicted octanol–water partition coefficient (Wildman–Crippen LogP) is 4.28. The number of hydrogen-bond acceptors (Lipinski definition) is 7. The highest BCUT2D eigenvalue weighted by molar-refractivity contribution is 7.99. The van der Waals surface area contributed by atoms with Gasteiger partial charge in [0.05, 0.1) is 12.9 Å². The minimum Gasteiger partial charge on any atom is -0.493 e. The minimum atomic E-state index is -0.0957. The zero-order valence-corrected chi connectivity index (χ0v) is 20.7. The number of pyridine rings is 1. The van der Waals surface area contributed by atoms with Crippen LogP contribution in [0.25, 0.3) is 5.69 Å². The molecule has 0 aliphatic carbocycles. The molecule has 0 aliphatic rings. The van der Waals surface area contributed by atoms with Crippen molar-refractivity contribution in [3.8, 4) is 17.2 Å². The second kappa shape index (κ2) is 11.5. The van der Waals surface area contributed by atoms with E-state index in [0.29, 0.717) is 29.8 Å². The number of aromatic nitrogens is 4. The lowest BCUT2D eigenvalue weighted by Crippen LogP contribution is -2.24. The van der Waals surface area contributed by atoms with Gasteiger partial charge in [0.1, 0.15) is 12.9 Å². The van der Waals surface area contributed by atoms with E-state index in [1.54, 1.807) is 25.8 Å². The summed E-state index contributed by atoms with van der Waals surface area (Å²) in [6, 6.07) is 15.6. The molecule has 0 bridgehead atoms. The topological polar surface area (TPSA) is 91.2 Å². The fourth-order valence-corrected chi connectivity index (χ4v) is 4.10. The zero-order valence-electron chi connectivity index (χ0n) is 19.9. The van der Waals surface area contributed by atoms with Crippen molar-refractivity contribution in [1.82, 2.24) is 25.1 Å². The summed E-state index contributed by atoms with van der Waals surface area (Å²) in [5.74, 6) is 1.39. The first-order valence-electron chi connectivity index (χ1n) is 11.1. The fraction of sp³-hybridized carbons (Fsp3) is 0.231. The molecule has 9 heteroatoms. The molecular formula is C26H27N5O3S. The highest BCUT2D eigenvalue weighted by Crippen LogP contribution is 2.29. The maximum atomic E-state index is 12.5. The van der Waals surface area contributed by atoms with Gasteiger partial charge in [0.25, 0.3) is 0 Å². The molecule has 0 saturated heterocycles. The van der Waals surface area contributed by atoms with Gasteiger partial charge in [-0.25, -0.2) is 0 Å². The molecule has 2 heterocycles. The van der Waals surface area contributed by atoms with E-state index in [1.165, 1.54) is 22.9 Å². The first-order chi connectivity index (χ1) is 17.0. The number of nitrogens with one attached hydrogen (secondary N) is 1. The SMILES string of the molecule is COc1cc(CNC(=O)CSc2nncn2-c2ccc(C)c(C)c2)ccc1OCc1ccncc1. The highest BCUT2D eigenvalue weighted by atomic mass is 32.2. The number of rotatable bonds is 10. The van der Waals surface area contributed by atoms with Crippen LogP contribution in [0.5, 0.6) is 11.5 Å². The van der Waals surface area contributed by atoms with Crippen LogP contribution in [-0.2, 0) is 17.9 Å². The number of carbonyl (C=O) groups excluding carboxylic acids is 1. The first kappa shape index (κ1) is 24.3. The number of methoxy groups -OCH3 is 1. The largest absolute Gasteiger partial charge is 0.493 e. The van der Waals surface area contributed by atoms with Gasteiger partial charge in [-0.2, -0.15) is 0 Å². The van der Waals surface area contributed by atoms with E-state index in [0.717, 1.165) is 16.8 Å². The first-order valence-corrected chi connectivity index (χ1v) is 12.1. The van der Waals surface area contributed by atoms with Gasteiger partial charge in [0, 0.05) is 24.6 Å². The van der Waals surface area contributed by atoms with Crippen molar-refractivity contribution in [1.29, 1.82) is 0 Å². The molecule has 0 fully saturated rings. The monoisotopic (exact) mass is 489 g/mol. The van der Waals surface area contributed by atoms with Gasteiger partial charge in [0.2, 0.25) is 5.91 Å². The molecule has 2 aromatic carbocycles. The lowest BCUT2D eigenvalue weighted by atomic mass is 10.1. The summed E-state index contributed by atoms with van der Waals surface area (Å²) in [5.41, 5.74) is 5.31. The Morgan fingerprint density at radius 3 is 2.60 bits per heavy atom. The summed E-state index contributed by atoms with van der Waals surface area (Å²) in [6.45, 7) is 4.94. The van der Waals surface area contributed by atoms with E-state index >= 15 is 0 Å². The molecule has 180 valence electrons. The van der Waals surface area contributed by atoms with Gasteiger partial charge in [-0.15, -0.1) is 10.2 Å². The second-order valence-electron chi connectivity index (χ2n) is 7.95. The molecule has 0 aliphatic heterocycles. The van der Waals surface area contributed by atoms with Crippen LogP contribution >= 0.6 is 11.8 Å². The van der Waals surface area contributed by atoms with Gasteiger partial charge in [-0.3, -0.25) is 14.3 Å². The third-order valence-electron chi connectivity index (χ3n) is 5.48. The molecule has 0 atom stereocenters. The molecule has 1 N–H and O–H groups in total. The summed E-state index contributed by atoms with van der Waals surface area (Å²) in [6.07, 6.45) is 5.12. The third kappa shape index (κ3) is 6.39. The van der Waals surface area contributed by atoms with Gasteiger partial charge in [-0.1, -0.05) is 23.9 Å². The Hall–Kier alpha value is -3.85. The quantitative estimate of drug-likeness (QED) is 0.333. The molecule has 2 aromatic heterocycles. The van der Waals surface area contributed by atoms with Crippen LogP contribution in [0.15, 0.2) is 72.4 Å². The average Bonchev–Trinajstić information content (AvgIpc) is 3.36. The third-order valence-corrected chi connectivity index (χ3v) is 6.42. The molecule has 0 spiro atoms. The van der Waals surface area contributed by atoms with Crippen molar-refractivity contribution >= 4 is 17.7 Å². The number of aryl methyl sites for hydroxylation is 2. The molecule has 0 radical (unpaired) electrons. The molecule has 35 heavy (non-hydrogen) atoms. The number of benzene rings is 2. The molecule has 8 nitrogen and oxygen atoms in total. The smallest absolute Gasteiger partial charge is 0.230 e. The van der Waals surface area contributed by atoms with Crippen LogP contribution in [0.2, 0.25) is 0 Å². The summed E-state index contributed by atoms with van der Waals surface area (Å²) < 4.78 is 13.2. The molecule has 1 amide bonds. The maximum Gasteiger partial charge on any atom is 0.230 e. The van der Waals surface area contributed by atoms with Crippen LogP contribution in [0.3, 0.4) is 0 Å². The Morgan fingerprint density at radius 2 is 1.83 bits per heavy atom. The summed E-state index contributed by atoms with van der Waals surface area (Å²) in [7, 11) is 1.60. The van der Waals surface area contributed by atoms with Gasteiger partial charge in [0.15, 0.2) is 16.7 Å². The van der Waals surface area contributed by atoms with Crippen LogP contribution in [0.1, 0.15) is 22.3 Å². The van der Waals surface area contributed by atoms with E-state index in [4.69, 9.17) is 9.47 Å². The van der Waals surface area contributed by atoms with E-state index in [-0.39, 0.29) is 11.7 Å². The van der Waals surface area contributed by atoms with Crippen molar-refractivity contribution in [2.75, 3.05) is 12.9 Å². The minimum absolute atomic E-state index is 0.0957. The van der Waals surface area contributed by atoms with Crippen molar-refractivity contribution in [2.24, 2.45) is 0 Å². The normalized spacial score (nSPS) is 10.7. The van der Waals surface area contributed by atoms with Crippen LogP contribution in [0, 0.1) is 13.8 Å². The number of nitrogens with zero attached hydrogens (tertiary/aromatic N) is 4. The summed E-state index contributed by atoms with van der Waals surface area (Å²) >= 11 is 1.34. The molecular weight excluding hydrogens is 462 g/mol. The van der Waals surface area contributed by atoms with E-state index in [2.05, 4.69) is 46.5 Å². The van der Waals surface area contributed by atoms with Crippen molar-refractivity contribution in [3.05, 3.63) is 89.5 Å². The molecule has 0 saturated carbocycles. The highest BCUT2D eigenvalue weighted by Gasteiger charge is 2.12. The Morgan fingerprint density at radius 1 is 1.00 bits per heavy atom. The number of thioether (sulfide) groups is 1. The lowest BCUT2D eigenvalue weighted by molar-refractivity contribution is -0.118. The summed E-state index contributed by atoms with van der Waals surface area (Å²) in [4.78, 5) is 16.5. The maximum absolute atomic E-state index is 12.5. The van der Waals surface area contributed by atoms with Gasteiger partial charge in [-0.05, 0) is 72.5 Å². The van der Waals surface area contributed by atoms with Crippen LogP contribution < -0.4 is 14.8 Å². The van der Waals surface area contributed by atoms with Crippen molar-refractivity contribution < 1.29 is 14.3 Å². The van der Waals surface area contributed by atoms with Gasteiger partial charge >= 0.3 is 0 Å². The zero-order chi connectivity index (χ0) is 24.6. The molecule has 4 rings (SSSR count). The number of carbonyl (C=O) groups is 1. The average molecular weight is 490 g/mol. The second-order valence-corrected chi connectivity index (χ2v) is 8.89. The Kier molecular flexibility index (Phi) is 7.99. The number of hydrogen-bond donors (Lipinski definition) is 1. The van der Waals surface area contributed by atoms with Crippen LogP contribution in [-0.4, -0.2) is 38.5 Å². The Bertz CT molecular complexity index is 1290. The summed E-state index contributed by atoms with van der Waals surface area (Å²) in [5, 5.41) is 11.8. The standard InChI is InChI=1S/C26H27N5O3S/c1-18-4-6-22(12-19(18)2)31-17-29-30-26(31)35-16-25(32)28-14-21-5-7-23(24(13-21)33-3)34-15-20-8-10-27-11-9-20/h4-13,17H,14-16H2,1-3H3,(H,28,32). The lowest BCUT2D eigenvalue weighted by Gasteiger charge is -2.13. The number of ether oxygens (including phenoxy) is 2. The Balaban J connectivity index is 1.30. The van der Waals surface area contributed by atoms with E-state index < -0.39 is 0 Å². The predicted molar refractivity (Wildman–Crippen MR) is 135 cm³/mol. The van der Waals surface area contributed by atoms with Crippen molar-refractivity contribution in [2.45, 2.75) is 32.2 Å². The number of amides is 1. The van der Waals surface area contributed by atoms with Gasteiger partial charge < -0.3 is 14.8 Å². The molecule has 4 aromatic rings. The fourth-order valence-electron chi connectivity index (χ4n) is 3.34. The van der Waals surface area contributed by atoms with E-state index in [1.807, 2.05) is 41.0 Å².